The molecule has 0 amide bonds. The van der Waals surface area contributed by atoms with Crippen LogP contribution in [0.25, 0.3) is 0 Å². The molecule has 0 bridgehead atoms. The lowest BCUT2D eigenvalue weighted by molar-refractivity contribution is -0.133. The van der Waals surface area contributed by atoms with E-state index in [1.54, 1.807) is 5.92 Å². The number of fused-ring (bicyclic) bond motifs is 1. The Kier molecular flexibility index (Phi) is 2.89. The summed E-state index contributed by atoms with van der Waals surface area (Å²) in [6.45, 7) is 5.07. The zero-order valence-electron chi connectivity index (χ0n) is 8.58. The largest absolute Gasteiger partial charge is 0.353 e. The van der Waals surface area contributed by atoms with Gasteiger partial charge in [-0.15, -0.1) is 0 Å². The van der Waals surface area contributed by atoms with Gasteiger partial charge in [-0.1, -0.05) is 13.3 Å². The quantitative estimate of drug-likeness (QED) is 0.655. The first-order chi connectivity index (χ1) is 6.31. The Morgan fingerprint density at radius 3 is 3.08 bits per heavy atom. The van der Waals surface area contributed by atoms with Crippen molar-refractivity contribution in [1.29, 1.82) is 0 Å². The molecule has 2 nitrogen and oxygen atoms in total. The predicted molar refractivity (Wildman–Crippen MR) is 51.2 cm³/mol. The van der Waals surface area contributed by atoms with Gasteiger partial charge in [0.2, 0.25) is 0 Å². The van der Waals surface area contributed by atoms with Crippen molar-refractivity contribution in [2.75, 3.05) is 6.61 Å². The van der Waals surface area contributed by atoms with Gasteiger partial charge in [-0.2, -0.15) is 0 Å². The van der Waals surface area contributed by atoms with Crippen LogP contribution in [0.15, 0.2) is 0 Å². The minimum atomic E-state index is 0.0769. The van der Waals surface area contributed by atoms with Gasteiger partial charge < -0.3 is 9.47 Å². The monoisotopic (exact) mass is 183 g/mol. The van der Waals surface area contributed by atoms with Crippen LogP contribution < -0.4 is 0 Å². The lowest BCUT2D eigenvalue weighted by Gasteiger charge is -2.28. The fraction of sp³-hybridized carbons (Fsp3) is 0.909. The average Bonchev–Trinajstić information content (AvgIpc) is 2.49. The third kappa shape index (κ3) is 1.89. The van der Waals surface area contributed by atoms with Crippen LogP contribution in [0.5, 0.6) is 0 Å². The summed E-state index contributed by atoms with van der Waals surface area (Å²) in [6.07, 6.45) is 5.45. The molecule has 0 N–H and O–H groups in total. The van der Waals surface area contributed by atoms with Crippen molar-refractivity contribution in [1.82, 2.24) is 0 Å². The van der Waals surface area contributed by atoms with Crippen molar-refractivity contribution in [3.05, 3.63) is 5.92 Å². The van der Waals surface area contributed by atoms with Crippen LogP contribution in [0, 0.1) is 11.8 Å². The Bertz CT molecular complexity index is 169. The zero-order valence-corrected chi connectivity index (χ0v) is 8.58. The summed E-state index contributed by atoms with van der Waals surface area (Å²) in [5, 5.41) is 0. The molecule has 1 saturated carbocycles. The van der Waals surface area contributed by atoms with Crippen molar-refractivity contribution < 1.29 is 9.47 Å². The molecule has 13 heavy (non-hydrogen) atoms. The van der Waals surface area contributed by atoms with Gasteiger partial charge >= 0.3 is 0 Å². The Balaban J connectivity index is 1.92. The summed E-state index contributed by atoms with van der Waals surface area (Å²) in [5.74, 6) is 2.31. The molecule has 1 radical (unpaired) electrons. The van der Waals surface area contributed by atoms with Crippen LogP contribution in [0.4, 0.5) is 0 Å². The molecule has 2 fully saturated rings. The molecule has 75 valence electrons. The number of hydrogen-bond donors (Lipinski definition) is 0. The minimum absolute atomic E-state index is 0.0769. The second-order valence-corrected chi connectivity index (χ2v) is 4.14. The van der Waals surface area contributed by atoms with E-state index < -0.39 is 0 Å². The minimum Gasteiger partial charge on any atom is -0.353 e. The number of rotatable bonds is 2. The van der Waals surface area contributed by atoms with Crippen LogP contribution in [0.2, 0.25) is 0 Å². The molecule has 1 saturated heterocycles. The lowest BCUT2D eigenvalue weighted by Crippen LogP contribution is -2.25. The molecule has 0 aromatic carbocycles. The van der Waals surface area contributed by atoms with Crippen LogP contribution >= 0.6 is 0 Å². The van der Waals surface area contributed by atoms with Gasteiger partial charge in [0.25, 0.3) is 0 Å². The molecule has 1 heterocycles. The highest BCUT2D eigenvalue weighted by atomic mass is 16.7. The van der Waals surface area contributed by atoms with E-state index in [-0.39, 0.29) is 6.29 Å². The van der Waals surface area contributed by atoms with Crippen LogP contribution in [-0.4, -0.2) is 19.0 Å². The molecular formula is C11H19O2. The fourth-order valence-corrected chi connectivity index (χ4v) is 2.55. The third-order valence-electron chi connectivity index (χ3n) is 3.27. The van der Waals surface area contributed by atoms with Gasteiger partial charge in [0.05, 0.1) is 6.10 Å². The van der Waals surface area contributed by atoms with Crippen molar-refractivity contribution in [2.45, 2.75) is 51.9 Å². The molecule has 3 atom stereocenters. The van der Waals surface area contributed by atoms with E-state index in [1.807, 2.05) is 6.92 Å². The fourth-order valence-electron chi connectivity index (χ4n) is 2.55. The van der Waals surface area contributed by atoms with Gasteiger partial charge in [-0.05, 0) is 31.6 Å². The maximum absolute atomic E-state index is 5.83. The van der Waals surface area contributed by atoms with Crippen LogP contribution in [0.1, 0.15) is 39.5 Å². The predicted octanol–water partition coefficient (Wildman–Crippen LogP) is 2.53. The van der Waals surface area contributed by atoms with Crippen LogP contribution in [-0.2, 0) is 9.47 Å². The SMILES string of the molecule is CCOC1C[C@@H]2[C](C)CCC[C@@H]2O1. The summed E-state index contributed by atoms with van der Waals surface area (Å²) in [5.41, 5.74) is 0. The lowest BCUT2D eigenvalue weighted by atomic mass is 9.78. The summed E-state index contributed by atoms with van der Waals surface area (Å²) in [4.78, 5) is 0. The standard InChI is InChI=1S/C11H19O2/c1-3-12-11-7-9-8(2)5-4-6-10(9)13-11/h9-11H,3-7H2,1-2H3/t9-,10+,11?/m1/s1. The smallest absolute Gasteiger partial charge is 0.158 e. The number of ether oxygens (including phenoxy) is 2. The summed E-state index contributed by atoms with van der Waals surface area (Å²) < 4.78 is 11.3. The molecule has 2 rings (SSSR count). The Hall–Kier alpha value is -0.0800. The molecule has 1 unspecified atom stereocenters. The van der Waals surface area contributed by atoms with E-state index in [1.165, 1.54) is 19.3 Å². The summed E-state index contributed by atoms with van der Waals surface area (Å²) in [7, 11) is 0. The van der Waals surface area contributed by atoms with E-state index in [2.05, 4.69) is 6.92 Å². The molecule has 2 heteroatoms. The first kappa shape index (κ1) is 9.47. The summed E-state index contributed by atoms with van der Waals surface area (Å²) >= 11 is 0. The molecule has 2 aliphatic rings. The Labute approximate surface area is 80.6 Å². The molecular weight excluding hydrogens is 164 g/mol. The van der Waals surface area contributed by atoms with Gasteiger partial charge in [-0.3, -0.25) is 0 Å². The van der Waals surface area contributed by atoms with Gasteiger partial charge in [0, 0.05) is 13.0 Å². The summed E-state index contributed by atoms with van der Waals surface area (Å²) in [6, 6.07) is 0. The van der Waals surface area contributed by atoms with Gasteiger partial charge in [-0.25, -0.2) is 0 Å². The first-order valence-corrected chi connectivity index (χ1v) is 5.40. The highest BCUT2D eigenvalue weighted by molar-refractivity contribution is 5.02. The van der Waals surface area contributed by atoms with E-state index in [0.717, 1.165) is 13.0 Å². The van der Waals surface area contributed by atoms with E-state index in [0.29, 0.717) is 12.0 Å². The Morgan fingerprint density at radius 2 is 2.38 bits per heavy atom. The van der Waals surface area contributed by atoms with Crippen molar-refractivity contribution >= 4 is 0 Å². The maximum Gasteiger partial charge on any atom is 0.158 e. The molecule has 0 aromatic rings. The Morgan fingerprint density at radius 1 is 1.54 bits per heavy atom. The molecule has 0 aromatic heterocycles. The van der Waals surface area contributed by atoms with Crippen LogP contribution in [0.3, 0.4) is 0 Å². The third-order valence-corrected chi connectivity index (χ3v) is 3.27. The second kappa shape index (κ2) is 3.97. The zero-order chi connectivity index (χ0) is 9.26. The van der Waals surface area contributed by atoms with Crippen molar-refractivity contribution in [3.8, 4) is 0 Å². The first-order valence-electron chi connectivity index (χ1n) is 5.40. The average molecular weight is 183 g/mol. The van der Waals surface area contributed by atoms with Crippen molar-refractivity contribution in [3.63, 3.8) is 0 Å². The molecule has 0 spiro atoms. The molecule has 1 aliphatic carbocycles. The van der Waals surface area contributed by atoms with Crippen molar-refractivity contribution in [2.24, 2.45) is 5.92 Å². The van der Waals surface area contributed by atoms with E-state index in [4.69, 9.17) is 9.47 Å². The topological polar surface area (TPSA) is 18.5 Å². The van der Waals surface area contributed by atoms with Gasteiger partial charge in [0.15, 0.2) is 6.29 Å². The molecule has 1 aliphatic heterocycles. The maximum atomic E-state index is 5.83. The highest BCUT2D eigenvalue weighted by Crippen LogP contribution is 2.42. The van der Waals surface area contributed by atoms with E-state index >= 15 is 0 Å². The normalized spacial score (nSPS) is 40.6. The second-order valence-electron chi connectivity index (χ2n) is 4.14. The number of hydrogen-bond acceptors (Lipinski definition) is 2. The highest BCUT2D eigenvalue weighted by Gasteiger charge is 2.40. The van der Waals surface area contributed by atoms with Gasteiger partial charge in [0.1, 0.15) is 0 Å². The van der Waals surface area contributed by atoms with E-state index in [9.17, 15) is 0 Å².